The summed E-state index contributed by atoms with van der Waals surface area (Å²) >= 11 is 0. The summed E-state index contributed by atoms with van der Waals surface area (Å²) in [5, 5.41) is 0. The Morgan fingerprint density at radius 3 is 2.00 bits per heavy atom. The Morgan fingerprint density at radius 2 is 1.50 bits per heavy atom. The van der Waals surface area contributed by atoms with Crippen molar-refractivity contribution in [3.63, 3.8) is 0 Å². The smallest absolute Gasteiger partial charge is 0.299 e. The zero-order chi connectivity index (χ0) is 6.53. The standard InChI is InChI=1S/CH10O4Si4.Pd/c1-9-4-7-2-6-3-8-5-9;/h9H,6-8H2,1H3;. The first-order valence-corrected chi connectivity index (χ1v) is 8.34. The number of rotatable bonds is 0. The molecule has 1 aliphatic heterocycles. The Balaban J connectivity index is 0.000000810. The summed E-state index contributed by atoms with van der Waals surface area (Å²) in [7, 11) is -3.35. The molecule has 0 saturated carbocycles. The first-order chi connectivity index (χ1) is 4.39. The molecule has 9 heteroatoms. The van der Waals surface area contributed by atoms with Crippen LogP contribution in [0.25, 0.3) is 0 Å². The Morgan fingerprint density at radius 1 is 1.00 bits per heavy atom. The van der Waals surface area contributed by atoms with Gasteiger partial charge in [-0.25, -0.2) is 0 Å². The Kier molecular flexibility index (Phi) is 8.01. The molecule has 1 rings (SSSR count). The summed E-state index contributed by atoms with van der Waals surface area (Å²) in [6, 6.07) is 0. The molecule has 0 aromatic rings. The van der Waals surface area contributed by atoms with E-state index in [1.165, 1.54) is 0 Å². The van der Waals surface area contributed by atoms with Crippen LogP contribution in [0.2, 0.25) is 6.55 Å². The van der Waals surface area contributed by atoms with Gasteiger partial charge in [0, 0.05) is 20.4 Å². The van der Waals surface area contributed by atoms with Gasteiger partial charge >= 0.3 is 0 Å². The zero-order valence-electron chi connectivity index (χ0n) is 5.65. The van der Waals surface area contributed by atoms with Crippen molar-refractivity contribution in [1.29, 1.82) is 0 Å². The third kappa shape index (κ3) is 5.08. The van der Waals surface area contributed by atoms with E-state index in [0.29, 0.717) is 0 Å². The van der Waals surface area contributed by atoms with Crippen molar-refractivity contribution in [3.8, 4) is 0 Å². The van der Waals surface area contributed by atoms with Crippen LogP contribution in [0.5, 0.6) is 0 Å². The van der Waals surface area contributed by atoms with E-state index in [1.807, 2.05) is 6.55 Å². The average molecular weight is 305 g/mol. The molecule has 0 spiro atoms. The summed E-state index contributed by atoms with van der Waals surface area (Å²) in [6.45, 7) is 2.01. The van der Waals surface area contributed by atoms with Gasteiger partial charge in [-0.05, 0) is 6.55 Å². The molecule has 1 saturated heterocycles. The molecule has 1 heterocycles. The molecule has 0 unspecified atom stereocenters. The van der Waals surface area contributed by atoms with Crippen molar-refractivity contribution in [3.05, 3.63) is 0 Å². The van der Waals surface area contributed by atoms with Crippen LogP contribution in [0, 0.1) is 0 Å². The average Bonchev–Trinajstić information content (AvgIpc) is 1.79. The predicted molar refractivity (Wildman–Crippen MR) is 43.0 cm³/mol. The fourth-order valence-electron chi connectivity index (χ4n) is 0.463. The largest absolute Gasteiger partial charge is 0.425 e. The molecule has 0 atom stereocenters. The molecular weight excluding hydrogens is 295 g/mol. The summed E-state index contributed by atoms with van der Waals surface area (Å²) in [6.07, 6.45) is 0. The van der Waals surface area contributed by atoms with Gasteiger partial charge in [0.05, 0.1) is 0 Å². The normalized spacial score (nSPS) is 35.1. The third-order valence-electron chi connectivity index (χ3n) is 0.939. The van der Waals surface area contributed by atoms with Crippen molar-refractivity contribution >= 4 is 39.3 Å². The summed E-state index contributed by atoms with van der Waals surface area (Å²) in [5.41, 5.74) is 0. The van der Waals surface area contributed by atoms with E-state index in [-0.39, 0.29) is 20.4 Å². The first-order valence-electron chi connectivity index (χ1n) is 2.78. The molecule has 0 bridgehead atoms. The Hall–Kier alpha value is 1.37. The third-order valence-corrected chi connectivity index (χ3v) is 8.45. The van der Waals surface area contributed by atoms with E-state index >= 15 is 0 Å². The van der Waals surface area contributed by atoms with Crippen molar-refractivity contribution in [1.82, 2.24) is 0 Å². The van der Waals surface area contributed by atoms with Gasteiger partial charge in [-0.3, -0.25) is 0 Å². The van der Waals surface area contributed by atoms with E-state index in [4.69, 9.17) is 16.5 Å². The zero-order valence-corrected chi connectivity index (χ0v) is 12.6. The molecule has 0 aromatic carbocycles. The van der Waals surface area contributed by atoms with Gasteiger partial charge in [0.2, 0.25) is 0 Å². The van der Waals surface area contributed by atoms with Gasteiger partial charge in [-0.1, -0.05) is 0 Å². The van der Waals surface area contributed by atoms with Gasteiger partial charge in [0.25, 0.3) is 39.3 Å². The maximum Gasteiger partial charge on any atom is 0.299 e. The molecule has 4 nitrogen and oxygen atoms in total. The van der Waals surface area contributed by atoms with Gasteiger partial charge in [0.1, 0.15) is 0 Å². The van der Waals surface area contributed by atoms with Crippen molar-refractivity contribution in [2.75, 3.05) is 0 Å². The minimum absolute atomic E-state index is 0. The van der Waals surface area contributed by atoms with E-state index in [0.717, 1.165) is 0 Å². The minimum Gasteiger partial charge on any atom is -0.425 e. The summed E-state index contributed by atoms with van der Waals surface area (Å²) < 4.78 is 20.9. The fraction of sp³-hybridized carbons (Fsp3) is 1.00. The van der Waals surface area contributed by atoms with Crippen LogP contribution >= 0.6 is 0 Å². The minimum atomic E-state index is -1.27. The van der Waals surface area contributed by atoms with Crippen molar-refractivity contribution < 1.29 is 36.9 Å². The van der Waals surface area contributed by atoms with E-state index in [9.17, 15) is 0 Å². The van der Waals surface area contributed by atoms with Crippen molar-refractivity contribution in [2.45, 2.75) is 6.55 Å². The SMILES string of the molecule is C[SiH]1O[SiH2]O[SiH2]O[SiH2]O1.[Pd]. The maximum atomic E-state index is 5.31. The molecule has 0 radical (unpaired) electrons. The quantitative estimate of drug-likeness (QED) is 0.445. The fourth-order valence-corrected chi connectivity index (χ4v) is 7.83. The topological polar surface area (TPSA) is 36.9 Å². The molecule has 0 aliphatic carbocycles. The Bertz CT molecular complexity index is 75.7. The van der Waals surface area contributed by atoms with E-state index in [1.54, 1.807) is 0 Å². The summed E-state index contributed by atoms with van der Waals surface area (Å²) in [5.74, 6) is 0. The molecular formula is CH10O4PdSi4. The second-order valence-corrected chi connectivity index (χ2v) is 9.44. The molecule has 0 amide bonds. The molecule has 1 aliphatic rings. The van der Waals surface area contributed by atoms with E-state index in [2.05, 4.69) is 0 Å². The van der Waals surface area contributed by atoms with Crippen LogP contribution in [0.1, 0.15) is 0 Å². The molecule has 0 N–H and O–H groups in total. The molecule has 1 fully saturated rings. The van der Waals surface area contributed by atoms with Gasteiger partial charge in [-0.15, -0.1) is 0 Å². The van der Waals surface area contributed by atoms with Gasteiger partial charge in [-0.2, -0.15) is 0 Å². The van der Waals surface area contributed by atoms with Crippen LogP contribution in [-0.2, 0) is 36.9 Å². The monoisotopic (exact) mass is 304 g/mol. The number of hydrogen-bond acceptors (Lipinski definition) is 4. The van der Waals surface area contributed by atoms with Crippen LogP contribution < -0.4 is 0 Å². The molecule has 10 heavy (non-hydrogen) atoms. The molecule has 0 aromatic heterocycles. The summed E-state index contributed by atoms with van der Waals surface area (Å²) in [4.78, 5) is 0. The molecule has 64 valence electrons. The van der Waals surface area contributed by atoms with Crippen LogP contribution in [-0.4, -0.2) is 39.3 Å². The Labute approximate surface area is 82.7 Å². The van der Waals surface area contributed by atoms with Gasteiger partial charge < -0.3 is 16.5 Å². The maximum absolute atomic E-state index is 5.31. The first kappa shape index (κ1) is 11.4. The second-order valence-electron chi connectivity index (χ2n) is 1.66. The predicted octanol–water partition coefficient (Wildman–Crippen LogP) is -3.09. The second kappa shape index (κ2) is 7.04. The van der Waals surface area contributed by atoms with Crippen LogP contribution in [0.15, 0.2) is 0 Å². The van der Waals surface area contributed by atoms with Crippen LogP contribution in [0.4, 0.5) is 0 Å². The van der Waals surface area contributed by atoms with Gasteiger partial charge in [0.15, 0.2) is 0 Å². The van der Waals surface area contributed by atoms with Crippen molar-refractivity contribution in [2.24, 2.45) is 0 Å². The van der Waals surface area contributed by atoms with Crippen LogP contribution in [0.3, 0.4) is 0 Å². The number of hydrogen-bond donors (Lipinski definition) is 0. The van der Waals surface area contributed by atoms with E-state index < -0.39 is 39.3 Å².